The zero-order chi connectivity index (χ0) is 18.1. The number of carbonyl (C=O) groups is 1. The summed E-state index contributed by atoms with van der Waals surface area (Å²) in [5.41, 5.74) is 0.950. The van der Waals surface area contributed by atoms with Gasteiger partial charge in [0.25, 0.3) is 0 Å². The van der Waals surface area contributed by atoms with Crippen LogP contribution in [0.3, 0.4) is 0 Å². The molecule has 2 rings (SSSR count). The van der Waals surface area contributed by atoms with Crippen molar-refractivity contribution in [1.29, 1.82) is 0 Å². The van der Waals surface area contributed by atoms with Gasteiger partial charge >= 0.3 is 6.03 Å². The average Bonchev–Trinajstić information content (AvgIpc) is 2.65. The molecule has 0 spiro atoms. The maximum Gasteiger partial charge on any atom is 0.315 e. The normalized spacial score (nSPS) is 11.5. The van der Waals surface area contributed by atoms with Crippen molar-refractivity contribution in [3.63, 3.8) is 0 Å². The van der Waals surface area contributed by atoms with Crippen LogP contribution in [0.5, 0.6) is 11.5 Å². The van der Waals surface area contributed by atoms with Crippen molar-refractivity contribution in [1.82, 2.24) is 10.6 Å². The molecule has 0 heterocycles. The molecule has 1 atom stereocenters. The highest BCUT2D eigenvalue weighted by atomic mass is 32.2. The van der Waals surface area contributed by atoms with Crippen LogP contribution < -0.4 is 20.1 Å². The van der Waals surface area contributed by atoms with Crippen molar-refractivity contribution in [3.8, 4) is 11.5 Å². The third-order valence-electron chi connectivity index (χ3n) is 3.65. The van der Waals surface area contributed by atoms with Crippen LogP contribution in [0.15, 0.2) is 53.4 Å². The zero-order valence-corrected chi connectivity index (χ0v) is 15.6. The second-order valence-electron chi connectivity index (χ2n) is 5.40. The fourth-order valence-electron chi connectivity index (χ4n) is 2.30. The molecule has 0 radical (unpaired) electrons. The molecule has 1 unspecified atom stereocenters. The Labute approximate surface area is 153 Å². The van der Waals surface area contributed by atoms with E-state index in [0.717, 1.165) is 11.3 Å². The Kier molecular flexibility index (Phi) is 7.47. The molecule has 5 nitrogen and oxygen atoms in total. The molecule has 0 bridgehead atoms. The van der Waals surface area contributed by atoms with Crippen LogP contribution in [-0.4, -0.2) is 32.5 Å². The smallest absolute Gasteiger partial charge is 0.315 e. The van der Waals surface area contributed by atoms with Crippen LogP contribution in [-0.2, 0) is 0 Å². The Morgan fingerprint density at radius 2 is 1.80 bits per heavy atom. The number of amides is 2. The highest BCUT2D eigenvalue weighted by Crippen LogP contribution is 2.29. The van der Waals surface area contributed by atoms with Crippen molar-refractivity contribution in [3.05, 3.63) is 54.1 Å². The van der Waals surface area contributed by atoms with Gasteiger partial charge in [-0.25, -0.2) is 4.79 Å². The summed E-state index contributed by atoms with van der Waals surface area (Å²) in [7, 11) is 3.19. The molecule has 0 fully saturated rings. The Balaban J connectivity index is 1.78. The summed E-state index contributed by atoms with van der Waals surface area (Å²) >= 11 is 1.71. The molecular weight excluding hydrogens is 336 g/mol. The summed E-state index contributed by atoms with van der Waals surface area (Å²) in [6.07, 6.45) is 0. The first-order valence-electron chi connectivity index (χ1n) is 8.08. The van der Waals surface area contributed by atoms with Gasteiger partial charge in [0.2, 0.25) is 0 Å². The predicted molar refractivity (Wildman–Crippen MR) is 102 cm³/mol. The van der Waals surface area contributed by atoms with Gasteiger partial charge in [0.15, 0.2) is 11.5 Å². The lowest BCUT2D eigenvalue weighted by molar-refractivity contribution is 0.238. The number of nitrogens with one attached hydrogen (secondary N) is 2. The molecule has 134 valence electrons. The molecule has 2 aromatic rings. The second-order valence-corrected chi connectivity index (χ2v) is 6.57. The van der Waals surface area contributed by atoms with E-state index in [4.69, 9.17) is 9.47 Å². The van der Waals surface area contributed by atoms with E-state index in [-0.39, 0.29) is 12.1 Å². The molecule has 0 aliphatic rings. The number of carbonyl (C=O) groups excluding carboxylic acids is 1. The summed E-state index contributed by atoms with van der Waals surface area (Å²) < 4.78 is 10.5. The second kappa shape index (κ2) is 9.84. The molecule has 0 aromatic heterocycles. The Hall–Kier alpha value is -2.34. The van der Waals surface area contributed by atoms with Crippen LogP contribution in [0.25, 0.3) is 0 Å². The third kappa shape index (κ3) is 5.90. The van der Waals surface area contributed by atoms with E-state index in [1.165, 1.54) is 4.90 Å². The van der Waals surface area contributed by atoms with Gasteiger partial charge in [-0.2, -0.15) is 0 Å². The molecule has 6 heteroatoms. The van der Waals surface area contributed by atoms with Crippen molar-refractivity contribution >= 4 is 17.8 Å². The Morgan fingerprint density at radius 3 is 2.48 bits per heavy atom. The molecule has 2 amide bonds. The number of urea groups is 1. The van der Waals surface area contributed by atoms with E-state index in [9.17, 15) is 4.79 Å². The summed E-state index contributed by atoms with van der Waals surface area (Å²) in [6.45, 7) is 2.53. The van der Waals surface area contributed by atoms with E-state index >= 15 is 0 Å². The highest BCUT2D eigenvalue weighted by molar-refractivity contribution is 7.99. The minimum Gasteiger partial charge on any atom is -0.493 e. The minimum atomic E-state index is -0.184. The first-order chi connectivity index (χ1) is 12.1. The van der Waals surface area contributed by atoms with E-state index in [1.807, 2.05) is 43.3 Å². The highest BCUT2D eigenvalue weighted by Gasteiger charge is 2.12. The van der Waals surface area contributed by atoms with Gasteiger partial charge in [0, 0.05) is 17.2 Å². The zero-order valence-electron chi connectivity index (χ0n) is 14.7. The monoisotopic (exact) mass is 360 g/mol. The molecule has 25 heavy (non-hydrogen) atoms. The molecular formula is C19H24N2O3S. The maximum absolute atomic E-state index is 12.0. The fraction of sp³-hybridized carbons (Fsp3) is 0.316. The molecule has 2 aromatic carbocycles. The van der Waals surface area contributed by atoms with Crippen molar-refractivity contribution in [2.75, 3.05) is 26.5 Å². The van der Waals surface area contributed by atoms with Crippen LogP contribution in [0.2, 0.25) is 0 Å². The lowest BCUT2D eigenvalue weighted by Crippen LogP contribution is -2.38. The van der Waals surface area contributed by atoms with Crippen LogP contribution in [0.1, 0.15) is 18.5 Å². The SMILES string of the molecule is COc1ccc(C(C)NC(=O)NCCSc2ccccc2)cc1OC. The summed E-state index contributed by atoms with van der Waals surface area (Å²) in [6, 6.07) is 15.4. The van der Waals surface area contributed by atoms with Crippen LogP contribution in [0.4, 0.5) is 4.79 Å². The molecule has 0 aliphatic heterocycles. The third-order valence-corrected chi connectivity index (χ3v) is 4.67. The predicted octanol–water partition coefficient (Wildman–Crippen LogP) is 3.86. The molecule has 2 N–H and O–H groups in total. The van der Waals surface area contributed by atoms with Gasteiger partial charge in [-0.15, -0.1) is 11.8 Å². The largest absolute Gasteiger partial charge is 0.493 e. The molecule has 0 saturated carbocycles. The Bertz CT molecular complexity index is 680. The lowest BCUT2D eigenvalue weighted by Gasteiger charge is -2.17. The topological polar surface area (TPSA) is 59.6 Å². The van der Waals surface area contributed by atoms with Crippen molar-refractivity contribution < 1.29 is 14.3 Å². The van der Waals surface area contributed by atoms with Crippen LogP contribution >= 0.6 is 11.8 Å². The number of rotatable bonds is 8. The first kappa shape index (κ1) is 19.0. The summed E-state index contributed by atoms with van der Waals surface area (Å²) in [5.74, 6) is 2.14. The average molecular weight is 360 g/mol. The summed E-state index contributed by atoms with van der Waals surface area (Å²) in [4.78, 5) is 13.2. The number of hydrogen-bond acceptors (Lipinski definition) is 4. The van der Waals surface area contributed by atoms with Crippen molar-refractivity contribution in [2.45, 2.75) is 17.9 Å². The standard InChI is InChI=1S/C19H24N2O3S/c1-14(15-9-10-17(23-2)18(13-15)24-3)21-19(22)20-11-12-25-16-7-5-4-6-8-16/h4-10,13-14H,11-12H2,1-3H3,(H2,20,21,22). The van der Waals surface area contributed by atoms with E-state index < -0.39 is 0 Å². The van der Waals surface area contributed by atoms with Gasteiger partial charge in [-0.3, -0.25) is 0 Å². The quantitative estimate of drug-likeness (QED) is 0.554. The minimum absolute atomic E-state index is 0.137. The van der Waals surface area contributed by atoms with Crippen molar-refractivity contribution in [2.24, 2.45) is 0 Å². The molecule has 0 aliphatic carbocycles. The van der Waals surface area contributed by atoms with E-state index in [2.05, 4.69) is 22.8 Å². The van der Waals surface area contributed by atoms with Gasteiger partial charge < -0.3 is 20.1 Å². The van der Waals surface area contributed by atoms with E-state index in [1.54, 1.807) is 26.0 Å². The fourth-order valence-corrected chi connectivity index (χ4v) is 3.09. The van der Waals surface area contributed by atoms with Gasteiger partial charge in [0.1, 0.15) is 0 Å². The molecule has 0 saturated heterocycles. The maximum atomic E-state index is 12.0. The number of ether oxygens (including phenoxy) is 2. The van der Waals surface area contributed by atoms with Crippen LogP contribution in [0, 0.1) is 0 Å². The summed E-state index contributed by atoms with van der Waals surface area (Å²) in [5, 5.41) is 5.81. The van der Waals surface area contributed by atoms with Gasteiger partial charge in [-0.1, -0.05) is 24.3 Å². The first-order valence-corrected chi connectivity index (χ1v) is 9.06. The number of methoxy groups -OCH3 is 2. The van der Waals surface area contributed by atoms with Gasteiger partial charge in [0.05, 0.1) is 20.3 Å². The lowest BCUT2D eigenvalue weighted by atomic mass is 10.1. The number of hydrogen-bond donors (Lipinski definition) is 2. The Morgan fingerprint density at radius 1 is 1.08 bits per heavy atom. The number of thioether (sulfide) groups is 1. The van der Waals surface area contributed by atoms with E-state index in [0.29, 0.717) is 18.0 Å². The van der Waals surface area contributed by atoms with Gasteiger partial charge in [-0.05, 0) is 36.8 Å². The number of benzene rings is 2.